The van der Waals surface area contributed by atoms with Crippen molar-refractivity contribution in [2.45, 2.75) is 48.8 Å². The Kier molecular flexibility index (Phi) is 7.02. The zero-order chi connectivity index (χ0) is 19.3. The van der Waals surface area contributed by atoms with Gasteiger partial charge in [0.05, 0.1) is 14.4 Å². The van der Waals surface area contributed by atoms with Gasteiger partial charge >= 0.3 is 5.97 Å². The van der Waals surface area contributed by atoms with Crippen molar-refractivity contribution in [3.05, 3.63) is 42.5 Å². The maximum absolute atomic E-state index is 11.9. The number of fused-ring (bicyclic) bond motifs is 1. The van der Waals surface area contributed by atoms with Crippen LogP contribution >= 0.6 is 20.2 Å². The second-order valence-corrected chi connectivity index (χ2v) is 9.82. The van der Waals surface area contributed by atoms with Crippen LogP contribution < -0.4 is 0 Å². The molecule has 0 heterocycles. The maximum atomic E-state index is 11.9. The molecule has 6 heteroatoms. The van der Waals surface area contributed by atoms with E-state index in [2.05, 4.69) is 0 Å². The van der Waals surface area contributed by atoms with E-state index in [0.29, 0.717) is 12.3 Å². The van der Waals surface area contributed by atoms with Crippen molar-refractivity contribution in [1.29, 1.82) is 0 Å². The molecular formula is C21H27O4PS. The molecule has 27 heavy (non-hydrogen) atoms. The third-order valence-electron chi connectivity index (χ3n) is 5.59. The summed E-state index contributed by atoms with van der Waals surface area (Å²) in [6.07, 6.45) is 5.86. The maximum Gasteiger partial charge on any atom is 0.309 e. The largest absolute Gasteiger partial charge is 0.481 e. The lowest BCUT2D eigenvalue weighted by Crippen LogP contribution is -2.41. The topological polar surface area (TPSA) is 74.6 Å². The fourth-order valence-corrected chi connectivity index (χ4v) is 5.89. The summed E-state index contributed by atoms with van der Waals surface area (Å²) < 4.78 is 11.9. The first-order valence-electron chi connectivity index (χ1n) is 9.55. The van der Waals surface area contributed by atoms with Crippen molar-refractivity contribution in [3.63, 3.8) is 0 Å². The lowest BCUT2D eigenvalue weighted by molar-refractivity contribution is -0.147. The highest BCUT2D eigenvalue weighted by molar-refractivity contribution is 7.99. The molecule has 2 aromatic carbocycles. The van der Waals surface area contributed by atoms with Crippen molar-refractivity contribution in [3.8, 4) is 0 Å². The molecule has 0 saturated heterocycles. The molecule has 146 valence electrons. The van der Waals surface area contributed by atoms with Gasteiger partial charge in [-0.15, -0.1) is 11.8 Å². The van der Waals surface area contributed by atoms with Crippen LogP contribution in [0.5, 0.6) is 0 Å². The molecule has 1 saturated carbocycles. The van der Waals surface area contributed by atoms with Crippen LogP contribution in [0.1, 0.15) is 38.5 Å². The van der Waals surface area contributed by atoms with E-state index in [-0.39, 0.29) is 5.75 Å². The van der Waals surface area contributed by atoms with Gasteiger partial charge in [0.15, 0.2) is 0 Å². The standard InChI is InChI=1S/C21H27O4PS/c22-20(23)19(12-15-6-2-1-3-7-15)21(24,26-25)14-27-18-11-10-16-8-4-5-9-17(16)13-18/h4-5,8-11,13,15,19,24H,1-3,6-7,12,14,26H2,(H,22,23). The van der Waals surface area contributed by atoms with Crippen LogP contribution in [0.4, 0.5) is 0 Å². The fraction of sp³-hybridized carbons (Fsp3) is 0.476. The van der Waals surface area contributed by atoms with E-state index < -0.39 is 25.7 Å². The van der Waals surface area contributed by atoms with Crippen LogP contribution in [0, 0.1) is 11.8 Å². The third kappa shape index (κ3) is 5.16. The van der Waals surface area contributed by atoms with Gasteiger partial charge in [0, 0.05) is 10.6 Å². The molecule has 3 atom stereocenters. The Hall–Kier alpha value is -1.29. The Morgan fingerprint density at radius 2 is 1.85 bits per heavy atom. The first kappa shape index (κ1) is 20.4. The van der Waals surface area contributed by atoms with E-state index in [1.165, 1.54) is 18.2 Å². The van der Waals surface area contributed by atoms with E-state index in [9.17, 15) is 19.6 Å². The number of hydrogen-bond acceptors (Lipinski definition) is 4. The average Bonchev–Trinajstić information content (AvgIpc) is 2.70. The Labute approximate surface area is 165 Å². The lowest BCUT2D eigenvalue weighted by atomic mass is 9.81. The van der Waals surface area contributed by atoms with Gasteiger partial charge in [0.2, 0.25) is 0 Å². The van der Waals surface area contributed by atoms with Crippen molar-refractivity contribution >= 4 is 37.0 Å². The van der Waals surface area contributed by atoms with Crippen LogP contribution in [0.3, 0.4) is 0 Å². The van der Waals surface area contributed by atoms with Gasteiger partial charge in [-0.25, -0.2) is 0 Å². The second-order valence-electron chi connectivity index (χ2n) is 7.54. The number of thioether (sulfide) groups is 1. The molecular weight excluding hydrogens is 379 g/mol. The summed E-state index contributed by atoms with van der Waals surface area (Å²) in [6, 6.07) is 14.0. The van der Waals surface area contributed by atoms with Gasteiger partial charge in [-0.1, -0.05) is 62.4 Å². The summed E-state index contributed by atoms with van der Waals surface area (Å²) in [4.78, 5) is 12.8. The molecule has 0 amide bonds. The molecule has 2 aromatic rings. The van der Waals surface area contributed by atoms with Gasteiger partial charge in [-0.3, -0.25) is 4.79 Å². The molecule has 0 aromatic heterocycles. The molecule has 1 fully saturated rings. The van der Waals surface area contributed by atoms with Gasteiger partial charge < -0.3 is 14.8 Å². The number of benzene rings is 2. The number of carboxylic acid groups (broad SMARTS) is 1. The molecule has 1 aliphatic carbocycles. The summed E-state index contributed by atoms with van der Waals surface area (Å²) >= 11 is 1.38. The first-order chi connectivity index (χ1) is 13.0. The van der Waals surface area contributed by atoms with Crippen LogP contribution in [0.2, 0.25) is 0 Å². The Bertz CT molecular complexity index is 806. The molecule has 3 unspecified atom stereocenters. The van der Waals surface area contributed by atoms with Crippen LogP contribution in [-0.2, 0) is 9.36 Å². The zero-order valence-corrected chi connectivity index (χ0v) is 17.3. The normalized spacial score (nSPS) is 19.3. The lowest BCUT2D eigenvalue weighted by Gasteiger charge is -2.32. The van der Waals surface area contributed by atoms with Crippen LogP contribution in [0.25, 0.3) is 10.8 Å². The summed E-state index contributed by atoms with van der Waals surface area (Å²) in [6.45, 7) is 0. The zero-order valence-electron chi connectivity index (χ0n) is 15.3. The van der Waals surface area contributed by atoms with Crippen molar-refractivity contribution < 1.29 is 19.6 Å². The number of carboxylic acids is 1. The minimum Gasteiger partial charge on any atom is -0.481 e. The minimum atomic E-state index is -1.65. The van der Waals surface area contributed by atoms with Gasteiger partial charge in [0.25, 0.3) is 0 Å². The second kappa shape index (κ2) is 9.27. The molecule has 0 radical (unpaired) electrons. The number of aliphatic carboxylic acids is 1. The predicted octanol–water partition coefficient (Wildman–Crippen LogP) is 5.05. The predicted molar refractivity (Wildman–Crippen MR) is 112 cm³/mol. The van der Waals surface area contributed by atoms with E-state index in [1.807, 2.05) is 42.5 Å². The highest BCUT2D eigenvalue weighted by atomic mass is 32.2. The van der Waals surface area contributed by atoms with E-state index >= 15 is 0 Å². The Morgan fingerprint density at radius 3 is 2.52 bits per heavy atom. The van der Waals surface area contributed by atoms with Gasteiger partial charge in [-0.2, -0.15) is 0 Å². The number of rotatable bonds is 8. The third-order valence-corrected chi connectivity index (χ3v) is 8.09. The summed E-state index contributed by atoms with van der Waals surface area (Å²) in [5.74, 6) is -1.57. The molecule has 0 spiro atoms. The molecule has 4 nitrogen and oxygen atoms in total. The molecule has 1 aliphatic rings. The van der Waals surface area contributed by atoms with E-state index in [4.69, 9.17) is 0 Å². The molecule has 0 bridgehead atoms. The summed E-state index contributed by atoms with van der Waals surface area (Å²) in [5, 5.41) is 21.3. The monoisotopic (exact) mass is 406 g/mol. The van der Waals surface area contributed by atoms with Crippen LogP contribution in [-0.4, -0.2) is 27.3 Å². The fourth-order valence-electron chi connectivity index (χ4n) is 3.95. The first-order valence-corrected chi connectivity index (χ1v) is 11.6. The number of aliphatic hydroxyl groups is 1. The van der Waals surface area contributed by atoms with Gasteiger partial charge in [0.1, 0.15) is 5.34 Å². The van der Waals surface area contributed by atoms with Crippen molar-refractivity contribution in [1.82, 2.24) is 0 Å². The highest BCUT2D eigenvalue weighted by Gasteiger charge is 2.42. The van der Waals surface area contributed by atoms with Crippen molar-refractivity contribution in [2.24, 2.45) is 11.8 Å². The summed E-state index contributed by atoms with van der Waals surface area (Å²) in [7, 11) is -1.61. The van der Waals surface area contributed by atoms with Crippen LogP contribution in [0.15, 0.2) is 47.4 Å². The minimum absolute atomic E-state index is 0.133. The number of carbonyl (C=O) groups is 1. The molecule has 2 N–H and O–H groups in total. The number of hydrogen-bond donors (Lipinski definition) is 2. The Morgan fingerprint density at radius 1 is 1.15 bits per heavy atom. The highest BCUT2D eigenvalue weighted by Crippen LogP contribution is 2.41. The molecule has 0 aliphatic heterocycles. The van der Waals surface area contributed by atoms with E-state index in [1.54, 1.807) is 0 Å². The smallest absolute Gasteiger partial charge is 0.309 e. The quantitative estimate of drug-likeness (QED) is 0.474. The Balaban J connectivity index is 1.72. The van der Waals surface area contributed by atoms with E-state index in [0.717, 1.165) is 41.4 Å². The van der Waals surface area contributed by atoms with Crippen molar-refractivity contribution in [2.75, 3.05) is 5.75 Å². The SMILES string of the molecule is O=[PH2]C(O)(CSc1ccc2ccccc2c1)C(CC1CCCCC1)C(=O)O. The summed E-state index contributed by atoms with van der Waals surface area (Å²) in [5.41, 5.74) is 0. The molecule has 3 rings (SSSR count). The average molecular weight is 406 g/mol. The van der Waals surface area contributed by atoms with Gasteiger partial charge in [-0.05, 0) is 35.2 Å².